The van der Waals surface area contributed by atoms with Crippen LogP contribution < -0.4 is 16.2 Å². The molecule has 3 N–H and O–H groups in total. The lowest BCUT2D eigenvalue weighted by Gasteiger charge is -2.36. The highest BCUT2D eigenvalue weighted by Crippen LogP contribution is 2.35. The van der Waals surface area contributed by atoms with Crippen LogP contribution in [0.1, 0.15) is 29.2 Å². The minimum absolute atomic E-state index is 0.0229. The normalized spacial score (nSPS) is 23.5. The Bertz CT molecular complexity index is 1070. The number of benzene rings is 2. The van der Waals surface area contributed by atoms with E-state index >= 15 is 0 Å². The molecule has 0 bridgehead atoms. The van der Waals surface area contributed by atoms with Gasteiger partial charge < -0.3 is 15.2 Å². The Hall–Kier alpha value is -2.68. The molecule has 3 heterocycles. The van der Waals surface area contributed by atoms with Gasteiger partial charge in [-0.25, -0.2) is 5.43 Å². The maximum atomic E-state index is 12.5. The Morgan fingerprint density at radius 1 is 1.19 bits per heavy atom. The van der Waals surface area contributed by atoms with E-state index in [1.807, 2.05) is 50.5 Å². The number of nitrogens with zero attached hydrogens (tertiary/aromatic N) is 3. The van der Waals surface area contributed by atoms with Crippen LogP contribution in [0.4, 0.5) is 5.69 Å². The number of nitrogens with one attached hydrogen (secondary N) is 3. The second-order valence-corrected chi connectivity index (χ2v) is 9.71. The van der Waals surface area contributed by atoms with Gasteiger partial charge in [0, 0.05) is 23.1 Å². The quantitative estimate of drug-likeness (QED) is 0.631. The van der Waals surface area contributed by atoms with Crippen molar-refractivity contribution in [2.45, 2.75) is 38.5 Å². The van der Waals surface area contributed by atoms with Crippen LogP contribution in [0.2, 0.25) is 5.02 Å². The molecule has 0 radical (unpaired) electrons. The summed E-state index contributed by atoms with van der Waals surface area (Å²) in [7, 11) is 0. The van der Waals surface area contributed by atoms with Crippen molar-refractivity contribution in [3.05, 3.63) is 76.6 Å². The highest BCUT2D eigenvalue weighted by atomic mass is 35.5. The minimum atomic E-state index is -0.0425. The predicted molar refractivity (Wildman–Crippen MR) is 130 cm³/mol. The van der Waals surface area contributed by atoms with Crippen LogP contribution in [0, 0.1) is 13.8 Å². The van der Waals surface area contributed by atoms with E-state index in [9.17, 15) is 4.79 Å². The van der Waals surface area contributed by atoms with E-state index < -0.39 is 0 Å². The van der Waals surface area contributed by atoms with Gasteiger partial charge in [0.2, 0.25) is 5.91 Å². The summed E-state index contributed by atoms with van der Waals surface area (Å²) in [5.74, 6) is 0.254. The van der Waals surface area contributed by atoms with Gasteiger partial charge in [-0.1, -0.05) is 41.6 Å². The maximum absolute atomic E-state index is 12.5. The van der Waals surface area contributed by atoms with Crippen LogP contribution in [-0.2, 0) is 4.79 Å². The van der Waals surface area contributed by atoms with Crippen LogP contribution >= 0.6 is 23.4 Å². The molecule has 9 heteroatoms. The monoisotopic (exact) mass is 468 g/mol. The number of thioether (sulfide) groups is 1. The number of rotatable bonds is 4. The van der Waals surface area contributed by atoms with Crippen LogP contribution in [-0.4, -0.2) is 38.9 Å². The smallest absolute Gasteiger partial charge is 0.234 e. The maximum Gasteiger partial charge on any atom is 0.234 e. The number of hydrazine groups is 1. The summed E-state index contributed by atoms with van der Waals surface area (Å²) in [6, 6.07) is 14.4. The van der Waals surface area contributed by atoms with Gasteiger partial charge in [0.05, 0.1) is 17.8 Å². The molecule has 0 aromatic heterocycles. The van der Waals surface area contributed by atoms with Crippen LogP contribution in [0.3, 0.4) is 0 Å². The molecule has 1 fully saturated rings. The Labute approximate surface area is 196 Å². The Balaban J connectivity index is 1.18. The fourth-order valence-corrected chi connectivity index (χ4v) is 5.34. The molecule has 32 heavy (non-hydrogen) atoms. The largest absolute Gasteiger partial charge is 0.325 e. The van der Waals surface area contributed by atoms with Crippen molar-refractivity contribution in [2.24, 2.45) is 5.10 Å². The molecule has 5 rings (SSSR count). The highest BCUT2D eigenvalue weighted by molar-refractivity contribution is 8.14. The zero-order valence-corrected chi connectivity index (χ0v) is 19.5. The van der Waals surface area contributed by atoms with Crippen LogP contribution in [0.25, 0.3) is 0 Å². The summed E-state index contributed by atoms with van der Waals surface area (Å²) >= 11 is 7.47. The second-order valence-electron chi connectivity index (χ2n) is 8.33. The van der Waals surface area contributed by atoms with Gasteiger partial charge in [-0.15, -0.1) is 0 Å². The number of hydrogen-bond donors (Lipinski definition) is 3. The zero-order valence-electron chi connectivity index (χ0n) is 17.9. The molecule has 3 aliphatic rings. The van der Waals surface area contributed by atoms with Crippen molar-refractivity contribution in [1.82, 2.24) is 20.8 Å². The van der Waals surface area contributed by atoms with Crippen molar-refractivity contribution in [3.8, 4) is 0 Å². The van der Waals surface area contributed by atoms with Gasteiger partial charge in [-0.05, 0) is 61.2 Å². The molecule has 3 atom stereocenters. The molecule has 2 aromatic carbocycles. The molecule has 0 saturated carbocycles. The Kier molecular flexibility index (Phi) is 5.75. The first-order valence-electron chi connectivity index (χ1n) is 10.6. The number of aryl methyl sites for hydroxylation is 2. The SMILES string of the molecule is Cc1cc(C)cc(NC(=O)CSC2=NNC3C4CC(c5ccc(Cl)cc5)NN4C=CN23)c1. The third-order valence-corrected chi connectivity index (χ3v) is 7.03. The van der Waals surface area contributed by atoms with E-state index in [-0.39, 0.29) is 24.2 Å². The minimum Gasteiger partial charge on any atom is -0.325 e. The summed E-state index contributed by atoms with van der Waals surface area (Å²) in [5, 5.41) is 11.2. The standard InChI is InChI=1S/C23H25ClN6OS/c1-14-9-15(2)11-18(10-14)25-21(31)13-32-23-27-26-22-20-12-19(16-3-5-17(24)6-4-16)28-30(20)8-7-29(22)23/h3-11,19-20,22,26,28H,12-13H2,1-2H3,(H,25,31). The van der Waals surface area contributed by atoms with Crippen molar-refractivity contribution < 1.29 is 4.79 Å². The average Bonchev–Trinajstić information content (AvgIpc) is 3.36. The number of anilines is 1. The molecule has 7 nitrogen and oxygen atoms in total. The topological polar surface area (TPSA) is 72.0 Å². The van der Waals surface area contributed by atoms with Crippen LogP contribution in [0.5, 0.6) is 0 Å². The average molecular weight is 469 g/mol. The third kappa shape index (κ3) is 4.30. The summed E-state index contributed by atoms with van der Waals surface area (Å²) in [5.41, 5.74) is 11.1. The number of hydrogen-bond acceptors (Lipinski definition) is 7. The van der Waals surface area contributed by atoms with Gasteiger partial charge in [0.25, 0.3) is 0 Å². The predicted octanol–water partition coefficient (Wildman–Crippen LogP) is 3.94. The number of hydrazone groups is 1. The molecule has 1 saturated heterocycles. The van der Waals surface area contributed by atoms with E-state index in [1.54, 1.807) is 0 Å². The van der Waals surface area contributed by atoms with Gasteiger partial charge in [-0.3, -0.25) is 10.2 Å². The number of carbonyl (C=O) groups is 1. The molecule has 2 aromatic rings. The third-order valence-electron chi connectivity index (χ3n) is 5.81. The molecular weight excluding hydrogens is 444 g/mol. The fourth-order valence-electron chi connectivity index (χ4n) is 4.44. The summed E-state index contributed by atoms with van der Waals surface area (Å²) in [6.45, 7) is 4.05. The van der Waals surface area contributed by atoms with E-state index in [0.29, 0.717) is 5.75 Å². The van der Waals surface area contributed by atoms with Gasteiger partial charge in [-0.2, -0.15) is 5.10 Å². The number of fused-ring (bicyclic) bond motifs is 3. The Morgan fingerprint density at radius 3 is 2.69 bits per heavy atom. The number of halogens is 1. The summed E-state index contributed by atoms with van der Waals surface area (Å²) in [6.07, 6.45) is 5.00. The van der Waals surface area contributed by atoms with Crippen molar-refractivity contribution in [1.29, 1.82) is 0 Å². The zero-order chi connectivity index (χ0) is 22.2. The van der Waals surface area contributed by atoms with Crippen molar-refractivity contribution in [3.63, 3.8) is 0 Å². The lowest BCUT2D eigenvalue weighted by Crippen LogP contribution is -2.54. The molecule has 3 unspecified atom stereocenters. The first-order chi connectivity index (χ1) is 15.5. The summed E-state index contributed by atoms with van der Waals surface area (Å²) < 4.78 is 0. The Morgan fingerprint density at radius 2 is 1.94 bits per heavy atom. The number of carbonyl (C=O) groups excluding carboxylic acids is 1. The highest BCUT2D eigenvalue weighted by Gasteiger charge is 2.44. The van der Waals surface area contributed by atoms with E-state index in [1.165, 1.54) is 17.3 Å². The number of amidine groups is 1. The van der Waals surface area contributed by atoms with Crippen molar-refractivity contribution >= 4 is 40.1 Å². The summed E-state index contributed by atoms with van der Waals surface area (Å²) in [4.78, 5) is 14.6. The van der Waals surface area contributed by atoms with Gasteiger partial charge in [0.15, 0.2) is 5.17 Å². The fraction of sp³-hybridized carbons (Fsp3) is 0.304. The first-order valence-corrected chi connectivity index (χ1v) is 11.9. The number of amides is 1. The molecule has 166 valence electrons. The van der Waals surface area contributed by atoms with Crippen LogP contribution in [0.15, 0.2) is 60.0 Å². The molecular formula is C23H25ClN6OS. The molecule has 3 aliphatic heterocycles. The molecule has 1 amide bonds. The molecule has 0 aliphatic carbocycles. The first kappa shape index (κ1) is 21.2. The van der Waals surface area contributed by atoms with E-state index in [2.05, 4.69) is 49.4 Å². The lowest BCUT2D eigenvalue weighted by molar-refractivity contribution is -0.113. The second kappa shape index (κ2) is 8.69. The van der Waals surface area contributed by atoms with E-state index in [0.717, 1.165) is 33.4 Å². The van der Waals surface area contributed by atoms with E-state index in [4.69, 9.17) is 11.6 Å². The molecule has 0 spiro atoms. The van der Waals surface area contributed by atoms with Crippen molar-refractivity contribution in [2.75, 3.05) is 11.1 Å². The van der Waals surface area contributed by atoms with Gasteiger partial charge >= 0.3 is 0 Å². The van der Waals surface area contributed by atoms with Gasteiger partial charge in [0.1, 0.15) is 6.17 Å². The lowest BCUT2D eigenvalue weighted by atomic mass is 10.00.